The number of ether oxygens (including phenoxy) is 1. The standard InChI is InChI=1S/C4H8N2O/c1-7-3-4(6)2-5/h4H,3,6H2,1H3/t4-/m0/s1. The van der Waals surface area contributed by atoms with Crippen LogP contribution in [0.15, 0.2) is 0 Å². The molecule has 1 atom stereocenters. The summed E-state index contributed by atoms with van der Waals surface area (Å²) in [5, 5.41) is 8.01. The Morgan fingerprint density at radius 1 is 2.00 bits per heavy atom. The summed E-state index contributed by atoms with van der Waals surface area (Å²) >= 11 is 0. The molecule has 0 aliphatic rings. The predicted octanol–water partition coefficient (Wildman–Crippen LogP) is -0.516. The van der Waals surface area contributed by atoms with E-state index in [0.717, 1.165) is 0 Å². The highest BCUT2D eigenvalue weighted by molar-refractivity contribution is 4.85. The van der Waals surface area contributed by atoms with Crippen LogP contribution >= 0.6 is 0 Å². The molecule has 0 rings (SSSR count). The first-order valence-corrected chi connectivity index (χ1v) is 1.95. The van der Waals surface area contributed by atoms with E-state index >= 15 is 0 Å². The zero-order chi connectivity index (χ0) is 5.70. The van der Waals surface area contributed by atoms with E-state index in [1.54, 1.807) is 0 Å². The first-order valence-electron chi connectivity index (χ1n) is 1.95. The molecule has 0 radical (unpaired) electrons. The lowest BCUT2D eigenvalue weighted by molar-refractivity contribution is 0.193. The third-order valence-corrected chi connectivity index (χ3v) is 0.512. The zero-order valence-corrected chi connectivity index (χ0v) is 4.22. The monoisotopic (exact) mass is 100 g/mol. The highest BCUT2D eigenvalue weighted by Gasteiger charge is 1.93. The van der Waals surface area contributed by atoms with Crippen LogP contribution < -0.4 is 5.73 Å². The second kappa shape index (κ2) is 3.59. The van der Waals surface area contributed by atoms with Crippen LogP contribution in [0.4, 0.5) is 0 Å². The summed E-state index contributed by atoms with van der Waals surface area (Å²) in [6.07, 6.45) is 0. The fourth-order valence-corrected chi connectivity index (χ4v) is 0.217. The van der Waals surface area contributed by atoms with Gasteiger partial charge < -0.3 is 10.5 Å². The van der Waals surface area contributed by atoms with Crippen LogP contribution in [-0.4, -0.2) is 19.8 Å². The normalized spacial score (nSPS) is 12.7. The van der Waals surface area contributed by atoms with Crippen molar-refractivity contribution in [3.63, 3.8) is 0 Å². The summed E-state index contributed by atoms with van der Waals surface area (Å²) in [6.45, 7) is 0.316. The van der Waals surface area contributed by atoms with Crippen molar-refractivity contribution in [3.05, 3.63) is 0 Å². The lowest BCUT2D eigenvalue weighted by atomic mass is 10.4. The van der Waals surface area contributed by atoms with Crippen molar-refractivity contribution in [2.75, 3.05) is 13.7 Å². The van der Waals surface area contributed by atoms with Gasteiger partial charge in [0.1, 0.15) is 6.04 Å². The minimum absolute atomic E-state index is 0.316. The molecule has 0 saturated carbocycles. The van der Waals surface area contributed by atoms with Crippen molar-refractivity contribution in [2.45, 2.75) is 6.04 Å². The zero-order valence-electron chi connectivity index (χ0n) is 4.22. The maximum atomic E-state index is 8.01. The molecule has 0 aromatic carbocycles. The molecular weight excluding hydrogens is 92.1 g/mol. The van der Waals surface area contributed by atoms with Gasteiger partial charge in [0, 0.05) is 7.11 Å². The van der Waals surface area contributed by atoms with E-state index < -0.39 is 6.04 Å². The van der Waals surface area contributed by atoms with Gasteiger partial charge in [0.15, 0.2) is 0 Å². The van der Waals surface area contributed by atoms with Gasteiger partial charge in [-0.05, 0) is 0 Å². The van der Waals surface area contributed by atoms with Crippen molar-refractivity contribution in [1.82, 2.24) is 0 Å². The van der Waals surface area contributed by atoms with Gasteiger partial charge in [-0.15, -0.1) is 0 Å². The Labute approximate surface area is 42.7 Å². The summed E-state index contributed by atoms with van der Waals surface area (Å²) < 4.78 is 4.55. The van der Waals surface area contributed by atoms with Gasteiger partial charge in [0.05, 0.1) is 12.7 Å². The summed E-state index contributed by atoms with van der Waals surface area (Å²) in [4.78, 5) is 0. The SMILES string of the molecule is COC[C@@H](N)C#N. The third kappa shape index (κ3) is 3.23. The second-order valence-corrected chi connectivity index (χ2v) is 1.19. The number of nitrogens with two attached hydrogens (primary N) is 1. The molecule has 7 heavy (non-hydrogen) atoms. The summed E-state index contributed by atoms with van der Waals surface area (Å²) in [5.74, 6) is 0. The van der Waals surface area contributed by atoms with Crippen LogP contribution in [0.25, 0.3) is 0 Å². The van der Waals surface area contributed by atoms with E-state index in [1.165, 1.54) is 7.11 Å². The van der Waals surface area contributed by atoms with E-state index in [-0.39, 0.29) is 0 Å². The van der Waals surface area contributed by atoms with Crippen molar-refractivity contribution in [2.24, 2.45) is 5.73 Å². The number of hydrogen-bond donors (Lipinski definition) is 1. The molecule has 40 valence electrons. The average Bonchev–Trinajstić information content (AvgIpc) is 1.68. The van der Waals surface area contributed by atoms with Gasteiger partial charge in [0.25, 0.3) is 0 Å². The molecule has 0 bridgehead atoms. The minimum Gasteiger partial charge on any atom is -0.382 e. The number of nitriles is 1. The first-order chi connectivity index (χ1) is 3.31. The van der Waals surface area contributed by atoms with Gasteiger partial charge in [-0.2, -0.15) is 5.26 Å². The highest BCUT2D eigenvalue weighted by atomic mass is 16.5. The molecule has 0 aliphatic heterocycles. The molecular formula is C4H8N2O. The number of methoxy groups -OCH3 is 1. The molecule has 3 nitrogen and oxygen atoms in total. The summed E-state index contributed by atoms with van der Waals surface area (Å²) in [5.41, 5.74) is 5.10. The number of hydrogen-bond acceptors (Lipinski definition) is 3. The molecule has 0 fully saturated rings. The van der Waals surface area contributed by atoms with Gasteiger partial charge in [-0.3, -0.25) is 0 Å². The van der Waals surface area contributed by atoms with Crippen molar-refractivity contribution >= 4 is 0 Å². The van der Waals surface area contributed by atoms with Crippen LogP contribution in [0, 0.1) is 11.3 Å². The molecule has 0 aromatic rings. The van der Waals surface area contributed by atoms with E-state index in [1.807, 2.05) is 6.07 Å². The first kappa shape index (κ1) is 6.41. The second-order valence-electron chi connectivity index (χ2n) is 1.19. The van der Waals surface area contributed by atoms with Gasteiger partial charge in [0.2, 0.25) is 0 Å². The topological polar surface area (TPSA) is 59.0 Å². The summed E-state index contributed by atoms with van der Waals surface area (Å²) in [7, 11) is 1.51. The molecule has 2 N–H and O–H groups in total. The van der Waals surface area contributed by atoms with E-state index in [4.69, 9.17) is 11.0 Å². The average molecular weight is 100 g/mol. The largest absolute Gasteiger partial charge is 0.382 e. The smallest absolute Gasteiger partial charge is 0.116 e. The lowest BCUT2D eigenvalue weighted by Gasteiger charge is -1.95. The Bertz CT molecular complexity index is 76.2. The predicted molar refractivity (Wildman–Crippen MR) is 25.5 cm³/mol. The summed E-state index contributed by atoms with van der Waals surface area (Å²) in [6, 6.07) is 1.35. The Hall–Kier alpha value is -0.590. The Balaban J connectivity index is 3.04. The highest BCUT2D eigenvalue weighted by Crippen LogP contribution is 1.72. The Kier molecular flexibility index (Phi) is 3.29. The van der Waals surface area contributed by atoms with Crippen LogP contribution in [0.2, 0.25) is 0 Å². The lowest BCUT2D eigenvalue weighted by Crippen LogP contribution is -2.22. The molecule has 0 amide bonds. The number of rotatable bonds is 2. The van der Waals surface area contributed by atoms with Crippen molar-refractivity contribution in [1.29, 1.82) is 5.26 Å². The maximum Gasteiger partial charge on any atom is 0.116 e. The number of nitrogens with zero attached hydrogens (tertiary/aromatic N) is 1. The van der Waals surface area contributed by atoms with Crippen molar-refractivity contribution in [3.8, 4) is 6.07 Å². The van der Waals surface area contributed by atoms with Crippen LogP contribution in [0.3, 0.4) is 0 Å². The maximum absolute atomic E-state index is 8.01. The molecule has 0 unspecified atom stereocenters. The quantitative estimate of drug-likeness (QED) is 0.508. The van der Waals surface area contributed by atoms with E-state index in [9.17, 15) is 0 Å². The van der Waals surface area contributed by atoms with Crippen LogP contribution in [0.5, 0.6) is 0 Å². The Morgan fingerprint density at radius 3 is 2.71 bits per heavy atom. The molecule has 0 heterocycles. The van der Waals surface area contributed by atoms with E-state index in [0.29, 0.717) is 6.61 Å². The van der Waals surface area contributed by atoms with Gasteiger partial charge in [-0.1, -0.05) is 0 Å². The fourth-order valence-electron chi connectivity index (χ4n) is 0.217. The molecule has 0 aromatic heterocycles. The van der Waals surface area contributed by atoms with E-state index in [2.05, 4.69) is 4.74 Å². The van der Waals surface area contributed by atoms with Gasteiger partial charge in [-0.25, -0.2) is 0 Å². The van der Waals surface area contributed by atoms with Gasteiger partial charge >= 0.3 is 0 Å². The fraction of sp³-hybridized carbons (Fsp3) is 0.750. The molecule has 0 saturated heterocycles. The molecule has 0 aliphatic carbocycles. The minimum atomic E-state index is -0.468. The molecule has 3 heteroatoms. The van der Waals surface area contributed by atoms with Crippen LogP contribution in [0.1, 0.15) is 0 Å². The Morgan fingerprint density at radius 2 is 2.57 bits per heavy atom. The molecule has 0 spiro atoms. The van der Waals surface area contributed by atoms with Crippen molar-refractivity contribution < 1.29 is 4.74 Å². The van der Waals surface area contributed by atoms with Crippen LogP contribution in [-0.2, 0) is 4.74 Å². The third-order valence-electron chi connectivity index (χ3n) is 0.512.